The number of rotatable bonds is 4. The second-order valence-corrected chi connectivity index (χ2v) is 7.04. The molecule has 1 unspecified atom stereocenters. The van der Waals surface area contributed by atoms with Gasteiger partial charge in [-0.1, -0.05) is 11.6 Å². The molecular formula is C22H21N3O3. The van der Waals surface area contributed by atoms with Crippen molar-refractivity contribution < 1.29 is 14.4 Å². The van der Waals surface area contributed by atoms with E-state index in [4.69, 9.17) is 0 Å². The third-order valence-electron chi connectivity index (χ3n) is 5.25. The van der Waals surface area contributed by atoms with Crippen molar-refractivity contribution in [2.45, 2.75) is 26.8 Å². The number of hydrogen-bond donors (Lipinski definition) is 1. The van der Waals surface area contributed by atoms with E-state index in [0.717, 1.165) is 27.1 Å². The van der Waals surface area contributed by atoms with E-state index in [0.29, 0.717) is 17.7 Å². The van der Waals surface area contributed by atoms with Crippen LogP contribution >= 0.6 is 0 Å². The summed E-state index contributed by atoms with van der Waals surface area (Å²) in [5.74, 6) is -1.12. The molecule has 142 valence electrons. The number of carbonyl (C=O) groups excluding carboxylic acids is 3. The number of imide groups is 1. The number of nitrogens with zero attached hydrogens (tertiary/aromatic N) is 2. The molecule has 1 N–H and O–H groups in total. The minimum absolute atomic E-state index is 0.288. The molecule has 0 spiro atoms. The Labute approximate surface area is 162 Å². The third-order valence-corrected chi connectivity index (χ3v) is 5.25. The lowest BCUT2D eigenvalue weighted by atomic mass is 10.1. The molecule has 3 amide bonds. The summed E-state index contributed by atoms with van der Waals surface area (Å²) in [4.78, 5) is 44.6. The number of likely N-dealkylation sites (N-methyl/N-ethyl adjacent to an activating group) is 1. The zero-order valence-electron chi connectivity index (χ0n) is 16.0. The van der Waals surface area contributed by atoms with Crippen LogP contribution in [0.25, 0.3) is 10.9 Å². The normalized spacial score (nSPS) is 14.5. The average Bonchev–Trinajstić information content (AvgIpc) is 3.24. The van der Waals surface area contributed by atoms with Gasteiger partial charge < -0.3 is 9.88 Å². The lowest BCUT2D eigenvalue weighted by Crippen LogP contribution is -2.49. The zero-order valence-corrected chi connectivity index (χ0v) is 16.0. The number of anilines is 1. The molecule has 2 heterocycles. The van der Waals surface area contributed by atoms with Crippen molar-refractivity contribution in [3.63, 3.8) is 0 Å². The number of aromatic nitrogens is 1. The predicted molar refractivity (Wildman–Crippen MR) is 107 cm³/mol. The molecule has 0 saturated heterocycles. The molecule has 1 atom stereocenters. The molecule has 6 nitrogen and oxygen atoms in total. The highest BCUT2D eigenvalue weighted by atomic mass is 16.2. The molecule has 0 bridgehead atoms. The van der Waals surface area contributed by atoms with Crippen LogP contribution in [0, 0.1) is 6.92 Å². The lowest BCUT2D eigenvalue weighted by Gasteiger charge is -2.28. The second kappa shape index (κ2) is 6.64. The van der Waals surface area contributed by atoms with Gasteiger partial charge in [0.25, 0.3) is 11.8 Å². The van der Waals surface area contributed by atoms with Gasteiger partial charge in [-0.2, -0.15) is 0 Å². The van der Waals surface area contributed by atoms with Crippen LogP contribution in [0.15, 0.2) is 48.7 Å². The molecule has 1 aliphatic heterocycles. The van der Waals surface area contributed by atoms with Gasteiger partial charge in [-0.25, -0.2) is 0 Å². The second-order valence-electron chi connectivity index (χ2n) is 7.04. The number of fused-ring (bicyclic) bond motifs is 2. The van der Waals surface area contributed by atoms with E-state index in [1.54, 1.807) is 30.0 Å². The maximum absolute atomic E-state index is 13.2. The Balaban J connectivity index is 1.65. The monoisotopic (exact) mass is 375 g/mol. The number of aromatic amines is 1. The van der Waals surface area contributed by atoms with Crippen LogP contribution in [-0.4, -0.2) is 40.2 Å². The predicted octanol–water partition coefficient (Wildman–Crippen LogP) is 3.51. The van der Waals surface area contributed by atoms with E-state index in [2.05, 4.69) is 4.98 Å². The Bertz CT molecular complexity index is 1120. The van der Waals surface area contributed by atoms with Gasteiger partial charge in [-0.3, -0.25) is 19.3 Å². The minimum atomic E-state index is -0.894. The maximum Gasteiger partial charge on any atom is 0.262 e. The van der Waals surface area contributed by atoms with Crippen molar-refractivity contribution in [1.82, 2.24) is 9.88 Å². The summed E-state index contributed by atoms with van der Waals surface area (Å²) in [6.45, 7) is 5.78. The van der Waals surface area contributed by atoms with E-state index in [1.165, 1.54) is 0 Å². The smallest absolute Gasteiger partial charge is 0.262 e. The lowest BCUT2D eigenvalue weighted by molar-refractivity contribution is -0.121. The maximum atomic E-state index is 13.2. The highest BCUT2D eigenvalue weighted by Gasteiger charge is 2.42. The summed E-state index contributed by atoms with van der Waals surface area (Å²) >= 11 is 0. The van der Waals surface area contributed by atoms with Gasteiger partial charge in [0.2, 0.25) is 5.91 Å². The van der Waals surface area contributed by atoms with E-state index in [-0.39, 0.29) is 5.91 Å². The van der Waals surface area contributed by atoms with Gasteiger partial charge in [0.15, 0.2) is 0 Å². The number of H-pyrrole nitrogens is 1. The number of hydrogen-bond acceptors (Lipinski definition) is 3. The van der Waals surface area contributed by atoms with Crippen LogP contribution in [0.3, 0.4) is 0 Å². The number of aryl methyl sites for hydroxylation is 1. The number of amides is 3. The summed E-state index contributed by atoms with van der Waals surface area (Å²) in [7, 11) is 0. The summed E-state index contributed by atoms with van der Waals surface area (Å²) in [5, 5.41) is 0.993. The van der Waals surface area contributed by atoms with E-state index >= 15 is 0 Å². The van der Waals surface area contributed by atoms with Crippen LogP contribution in [0.4, 0.5) is 5.69 Å². The highest BCUT2D eigenvalue weighted by Crippen LogP contribution is 2.28. The molecule has 3 aromatic rings. The Hall–Kier alpha value is -3.41. The van der Waals surface area contributed by atoms with Gasteiger partial charge in [0, 0.05) is 29.3 Å². The van der Waals surface area contributed by atoms with Crippen LogP contribution in [-0.2, 0) is 4.79 Å². The van der Waals surface area contributed by atoms with Crippen LogP contribution < -0.4 is 4.90 Å². The highest BCUT2D eigenvalue weighted by molar-refractivity contribution is 6.23. The molecule has 0 saturated carbocycles. The van der Waals surface area contributed by atoms with Gasteiger partial charge in [0.1, 0.15) is 6.04 Å². The minimum Gasteiger partial charge on any atom is -0.361 e. The first-order chi connectivity index (χ1) is 13.4. The van der Waals surface area contributed by atoms with Crippen molar-refractivity contribution in [2.75, 3.05) is 11.4 Å². The first-order valence-corrected chi connectivity index (χ1v) is 9.29. The molecule has 0 aliphatic carbocycles. The first-order valence-electron chi connectivity index (χ1n) is 9.29. The van der Waals surface area contributed by atoms with E-state index in [1.807, 2.05) is 44.3 Å². The molecule has 0 fully saturated rings. The van der Waals surface area contributed by atoms with Gasteiger partial charge in [-0.15, -0.1) is 0 Å². The molecule has 1 aromatic heterocycles. The Kier molecular flexibility index (Phi) is 4.26. The summed E-state index contributed by atoms with van der Waals surface area (Å²) < 4.78 is 0. The zero-order chi connectivity index (χ0) is 20.0. The Morgan fingerprint density at radius 3 is 2.57 bits per heavy atom. The van der Waals surface area contributed by atoms with Gasteiger partial charge >= 0.3 is 0 Å². The van der Waals surface area contributed by atoms with E-state index < -0.39 is 17.9 Å². The fourth-order valence-corrected chi connectivity index (χ4v) is 3.74. The molecule has 6 heteroatoms. The van der Waals surface area contributed by atoms with Crippen LogP contribution in [0.5, 0.6) is 0 Å². The number of carbonyl (C=O) groups is 3. The van der Waals surface area contributed by atoms with Crippen LogP contribution in [0.2, 0.25) is 0 Å². The molecular weight excluding hydrogens is 354 g/mol. The molecule has 2 aromatic carbocycles. The van der Waals surface area contributed by atoms with Crippen molar-refractivity contribution in [1.29, 1.82) is 0 Å². The topological polar surface area (TPSA) is 73.5 Å². The number of benzene rings is 2. The standard InChI is InChI=1S/C22H21N3O3/c1-4-24(16-6-8-19-15(12-16)9-10-23-19)20(26)14(3)25-21(27)17-7-5-13(2)11-18(17)22(25)28/h5-12,14,23H,4H2,1-3H3. The van der Waals surface area contributed by atoms with Crippen molar-refractivity contribution in [3.05, 3.63) is 65.4 Å². The summed E-state index contributed by atoms with van der Waals surface area (Å²) in [6, 6.07) is 11.9. The number of nitrogens with one attached hydrogen (secondary N) is 1. The summed E-state index contributed by atoms with van der Waals surface area (Å²) in [6.07, 6.45) is 1.84. The Morgan fingerprint density at radius 1 is 1.07 bits per heavy atom. The van der Waals surface area contributed by atoms with Gasteiger partial charge in [0.05, 0.1) is 11.1 Å². The Morgan fingerprint density at radius 2 is 1.82 bits per heavy atom. The first kappa shape index (κ1) is 18.0. The summed E-state index contributed by atoms with van der Waals surface area (Å²) in [5.41, 5.74) is 3.33. The van der Waals surface area contributed by atoms with Crippen molar-refractivity contribution in [2.24, 2.45) is 0 Å². The van der Waals surface area contributed by atoms with Gasteiger partial charge in [-0.05, 0) is 57.2 Å². The quantitative estimate of drug-likeness (QED) is 0.709. The third kappa shape index (κ3) is 2.69. The fourth-order valence-electron chi connectivity index (χ4n) is 3.74. The molecule has 0 radical (unpaired) electrons. The molecule has 1 aliphatic rings. The fraction of sp³-hybridized carbons (Fsp3) is 0.227. The molecule has 28 heavy (non-hydrogen) atoms. The SMILES string of the molecule is CCN(C(=O)C(C)N1C(=O)c2ccc(C)cc2C1=O)c1ccc2[nH]ccc2c1. The van der Waals surface area contributed by atoms with E-state index in [9.17, 15) is 14.4 Å². The van der Waals surface area contributed by atoms with Crippen molar-refractivity contribution in [3.8, 4) is 0 Å². The largest absolute Gasteiger partial charge is 0.361 e. The van der Waals surface area contributed by atoms with Crippen LogP contribution in [0.1, 0.15) is 40.1 Å². The molecule has 4 rings (SSSR count). The average molecular weight is 375 g/mol. The van der Waals surface area contributed by atoms with Crippen molar-refractivity contribution >= 4 is 34.3 Å².